The van der Waals surface area contributed by atoms with E-state index in [0.717, 1.165) is 53.0 Å². The van der Waals surface area contributed by atoms with Crippen LogP contribution < -0.4 is 15.5 Å². The van der Waals surface area contributed by atoms with Gasteiger partial charge >= 0.3 is 6.03 Å². The Kier molecular flexibility index (Phi) is 7.29. The molecule has 0 bridgehead atoms. The first-order valence-electron chi connectivity index (χ1n) is 15.7. The van der Waals surface area contributed by atoms with Crippen molar-refractivity contribution < 1.29 is 4.79 Å². The number of rotatable bonds is 9. The number of amides is 2. The van der Waals surface area contributed by atoms with E-state index in [1.165, 1.54) is 49.7 Å². The van der Waals surface area contributed by atoms with Crippen LogP contribution in [0.2, 0.25) is 0 Å². The number of hydrogen-bond acceptors (Lipinski definition) is 5. The van der Waals surface area contributed by atoms with Gasteiger partial charge in [0.2, 0.25) is 0 Å². The van der Waals surface area contributed by atoms with Crippen LogP contribution in [0.3, 0.4) is 0 Å². The Balaban J connectivity index is 0.000000253. The van der Waals surface area contributed by atoms with Gasteiger partial charge in [-0.15, -0.1) is 0 Å². The van der Waals surface area contributed by atoms with E-state index in [4.69, 9.17) is 4.98 Å². The largest absolute Gasteiger partial charge is 0.379 e. The molecule has 5 aliphatic rings. The van der Waals surface area contributed by atoms with E-state index in [0.29, 0.717) is 25.0 Å². The molecule has 0 unspecified atom stereocenters. The molecule has 3 saturated carbocycles. The summed E-state index contributed by atoms with van der Waals surface area (Å²) in [5.41, 5.74) is 8.88. The molecule has 3 aromatic rings. The van der Waals surface area contributed by atoms with Gasteiger partial charge in [-0.3, -0.25) is 9.80 Å². The van der Waals surface area contributed by atoms with Crippen molar-refractivity contribution in [1.29, 1.82) is 0 Å². The van der Waals surface area contributed by atoms with Crippen molar-refractivity contribution in [2.75, 3.05) is 22.1 Å². The first-order chi connectivity index (χ1) is 21.0. The van der Waals surface area contributed by atoms with Crippen LogP contribution in [-0.2, 0) is 6.54 Å². The van der Waals surface area contributed by atoms with Crippen molar-refractivity contribution in [3.05, 3.63) is 96.4 Å². The summed E-state index contributed by atoms with van der Waals surface area (Å²) >= 11 is 0. The fraction of sp³-hybridized carbons (Fsp3) is 0.400. The zero-order valence-electron chi connectivity index (χ0n) is 25.1. The number of allylic oxidation sites excluding steroid dienone is 4. The Morgan fingerprint density at radius 1 is 1.09 bits per heavy atom. The molecule has 3 aromatic heterocycles. The van der Waals surface area contributed by atoms with Gasteiger partial charge in [0.1, 0.15) is 5.82 Å². The van der Waals surface area contributed by atoms with E-state index < -0.39 is 0 Å². The topological polar surface area (TPSA) is 77.8 Å². The lowest BCUT2D eigenvalue weighted by atomic mass is 9.97. The minimum atomic E-state index is 0.0269. The second kappa shape index (κ2) is 11.4. The predicted molar refractivity (Wildman–Crippen MR) is 173 cm³/mol. The molecule has 0 aromatic carbocycles. The highest BCUT2D eigenvalue weighted by Gasteiger charge is 2.43. The maximum absolute atomic E-state index is 13.3. The van der Waals surface area contributed by atoms with E-state index in [1.54, 1.807) is 18.0 Å². The fourth-order valence-corrected chi connectivity index (χ4v) is 6.19. The molecular weight excluding hydrogens is 534 g/mol. The van der Waals surface area contributed by atoms with E-state index >= 15 is 0 Å². The van der Waals surface area contributed by atoms with Crippen LogP contribution >= 0.6 is 0 Å². The van der Waals surface area contributed by atoms with Crippen LogP contribution in [0, 0.1) is 5.92 Å². The number of hydrogen-bond donors (Lipinski definition) is 2. The van der Waals surface area contributed by atoms with Crippen LogP contribution in [0.4, 0.5) is 22.0 Å². The SMILES string of the molecule is C=CNc1cc(NCc2cn3cc(C4CC4)cc(N4CC(=C)N(C5CC5)C4=O)c3n2)ccn1.CC1=CCCC(C2CC2)=C1. The molecule has 2 N–H and O–H groups in total. The average molecular weight is 576 g/mol. The summed E-state index contributed by atoms with van der Waals surface area (Å²) in [5.74, 6) is 2.29. The summed E-state index contributed by atoms with van der Waals surface area (Å²) in [6.45, 7) is 11.1. The molecular formula is C35H41N7O. The van der Waals surface area contributed by atoms with Gasteiger partial charge in [-0.1, -0.05) is 36.5 Å². The Morgan fingerprint density at radius 3 is 2.63 bits per heavy atom. The number of imidazole rings is 1. The number of nitrogens with zero attached hydrogens (tertiary/aromatic N) is 5. The predicted octanol–water partition coefficient (Wildman–Crippen LogP) is 7.76. The lowest BCUT2D eigenvalue weighted by molar-refractivity contribution is 0.225. The van der Waals surface area contributed by atoms with Crippen molar-refractivity contribution in [2.45, 2.75) is 76.8 Å². The maximum atomic E-state index is 13.3. The molecule has 0 atom stereocenters. The molecule has 1 aliphatic heterocycles. The molecule has 1 saturated heterocycles. The zero-order chi connectivity index (χ0) is 29.5. The normalized spacial score (nSPS) is 20.0. The summed E-state index contributed by atoms with van der Waals surface area (Å²) in [6, 6.07) is 6.35. The molecule has 4 heterocycles. The Morgan fingerprint density at radius 2 is 1.91 bits per heavy atom. The van der Waals surface area contributed by atoms with Crippen LogP contribution in [0.15, 0.2) is 85.1 Å². The van der Waals surface area contributed by atoms with Crippen molar-refractivity contribution in [3.63, 3.8) is 0 Å². The standard InChI is InChI=1S/C25H27N7O.C10H14/c1-3-26-23-11-19(8-9-27-23)28-12-20-15-30-14-18(17-4-5-17)10-22(24(30)29-20)31-13-16(2)32(25(31)33)21-6-7-21;1-8-3-2-4-10(7-8)9-5-6-9/h3,8-11,14-15,17,21H,1-2,4-7,12-13H2,(H2,26,27,28);3,7,9H,2,4-6H2,1H3. The molecule has 4 aliphatic carbocycles. The summed E-state index contributed by atoms with van der Waals surface area (Å²) in [5, 5.41) is 6.41. The minimum absolute atomic E-state index is 0.0269. The number of fused-ring (bicyclic) bond motifs is 1. The van der Waals surface area contributed by atoms with E-state index in [1.807, 2.05) is 21.9 Å². The quantitative estimate of drug-likeness (QED) is 0.273. The second-order valence-corrected chi connectivity index (χ2v) is 12.5. The van der Waals surface area contributed by atoms with Gasteiger partial charge in [-0.25, -0.2) is 14.8 Å². The molecule has 43 heavy (non-hydrogen) atoms. The molecule has 2 amide bonds. The van der Waals surface area contributed by atoms with Gasteiger partial charge in [0, 0.05) is 42.1 Å². The van der Waals surface area contributed by atoms with Crippen LogP contribution in [0.5, 0.6) is 0 Å². The lowest BCUT2D eigenvalue weighted by Gasteiger charge is -2.19. The van der Waals surface area contributed by atoms with Gasteiger partial charge in [0.05, 0.1) is 24.5 Å². The average Bonchev–Trinajstić information content (AvgIpc) is 3.87. The number of carbonyl (C=O) groups is 1. The number of carbonyl (C=O) groups excluding carboxylic acids is 1. The van der Waals surface area contributed by atoms with Crippen LogP contribution in [-0.4, -0.2) is 37.9 Å². The molecule has 8 heteroatoms. The first kappa shape index (κ1) is 27.5. The van der Waals surface area contributed by atoms with Gasteiger partial charge in [0.25, 0.3) is 0 Å². The van der Waals surface area contributed by atoms with Crippen molar-refractivity contribution in [1.82, 2.24) is 19.3 Å². The van der Waals surface area contributed by atoms with Crippen LogP contribution in [0.1, 0.15) is 75.5 Å². The number of urea groups is 1. The Hall–Kier alpha value is -4.33. The molecule has 222 valence electrons. The lowest BCUT2D eigenvalue weighted by Crippen LogP contribution is -2.33. The van der Waals surface area contributed by atoms with Crippen molar-refractivity contribution in [2.24, 2.45) is 5.92 Å². The van der Waals surface area contributed by atoms with Crippen LogP contribution in [0.25, 0.3) is 5.65 Å². The molecule has 8 nitrogen and oxygen atoms in total. The zero-order valence-corrected chi connectivity index (χ0v) is 25.1. The maximum Gasteiger partial charge on any atom is 0.329 e. The van der Waals surface area contributed by atoms with Crippen molar-refractivity contribution in [3.8, 4) is 0 Å². The van der Waals surface area contributed by atoms with E-state index in [-0.39, 0.29) is 6.03 Å². The molecule has 0 radical (unpaired) electrons. The second-order valence-electron chi connectivity index (χ2n) is 12.5. The number of pyridine rings is 2. The smallest absolute Gasteiger partial charge is 0.329 e. The summed E-state index contributed by atoms with van der Waals surface area (Å²) < 4.78 is 2.08. The summed E-state index contributed by atoms with van der Waals surface area (Å²) in [6.07, 6.45) is 22.4. The monoisotopic (exact) mass is 575 g/mol. The summed E-state index contributed by atoms with van der Waals surface area (Å²) in [4.78, 5) is 26.2. The highest BCUT2D eigenvalue weighted by molar-refractivity contribution is 6.00. The number of aromatic nitrogens is 3. The Bertz CT molecular complexity index is 1640. The highest BCUT2D eigenvalue weighted by Crippen LogP contribution is 2.43. The van der Waals surface area contributed by atoms with E-state index in [9.17, 15) is 4.79 Å². The minimum Gasteiger partial charge on any atom is -0.379 e. The first-order valence-corrected chi connectivity index (χ1v) is 15.7. The third-order valence-electron chi connectivity index (χ3n) is 8.87. The van der Waals surface area contributed by atoms with Gasteiger partial charge < -0.3 is 15.0 Å². The highest BCUT2D eigenvalue weighted by atomic mass is 16.2. The fourth-order valence-electron chi connectivity index (χ4n) is 6.19. The third kappa shape index (κ3) is 6.10. The van der Waals surface area contributed by atoms with Gasteiger partial charge in [0.15, 0.2) is 5.65 Å². The number of nitrogens with one attached hydrogen (secondary N) is 2. The molecule has 4 fully saturated rings. The number of anilines is 3. The van der Waals surface area contributed by atoms with E-state index in [2.05, 4.69) is 70.7 Å². The summed E-state index contributed by atoms with van der Waals surface area (Å²) in [7, 11) is 0. The third-order valence-corrected chi connectivity index (χ3v) is 8.87. The van der Waals surface area contributed by atoms with Gasteiger partial charge in [-0.05, 0) is 94.0 Å². The molecule has 0 spiro atoms. The van der Waals surface area contributed by atoms with Crippen molar-refractivity contribution >= 4 is 28.9 Å². The van der Waals surface area contributed by atoms with Gasteiger partial charge in [-0.2, -0.15) is 0 Å². The Labute approximate surface area is 253 Å². The molecule has 8 rings (SSSR count).